The van der Waals surface area contributed by atoms with Crippen molar-refractivity contribution in [2.45, 2.75) is 57.9 Å². The number of ether oxygens (including phenoxy) is 1. The molecule has 0 radical (unpaired) electrons. The Hall–Kier alpha value is -2.88. The van der Waals surface area contributed by atoms with E-state index < -0.39 is 6.04 Å². The van der Waals surface area contributed by atoms with Gasteiger partial charge in [0.15, 0.2) is 0 Å². The molecule has 158 valence electrons. The summed E-state index contributed by atoms with van der Waals surface area (Å²) < 4.78 is 4.97. The lowest BCUT2D eigenvalue weighted by atomic mass is 9.96. The Morgan fingerprint density at radius 2 is 1.43 bits per heavy atom. The zero-order valence-electron chi connectivity index (χ0n) is 17.9. The van der Waals surface area contributed by atoms with E-state index in [2.05, 4.69) is 18.3 Å². The number of amides is 1. The largest absolute Gasteiger partial charge is 0.467 e. The first-order chi connectivity index (χ1) is 14.7. The molecule has 0 aliphatic rings. The summed E-state index contributed by atoms with van der Waals surface area (Å²) in [4.78, 5) is 25.7. The zero-order valence-corrected chi connectivity index (χ0v) is 17.9. The van der Waals surface area contributed by atoms with Gasteiger partial charge in [0.1, 0.15) is 6.04 Å². The smallest absolute Gasteiger partial charge is 0.328 e. The van der Waals surface area contributed by atoms with Crippen LogP contribution in [0.3, 0.4) is 0 Å². The lowest BCUT2D eigenvalue weighted by Gasteiger charge is -2.18. The van der Waals surface area contributed by atoms with Gasteiger partial charge in [0.25, 0.3) is 5.91 Å². The molecule has 0 aromatic heterocycles. The Morgan fingerprint density at radius 1 is 0.867 bits per heavy atom. The van der Waals surface area contributed by atoms with Crippen molar-refractivity contribution in [1.82, 2.24) is 5.32 Å². The van der Waals surface area contributed by atoms with Gasteiger partial charge in [-0.15, -0.1) is 0 Å². The summed E-state index contributed by atoms with van der Waals surface area (Å²) in [5.74, 6) is -0.620. The van der Waals surface area contributed by atoms with Crippen LogP contribution in [0.5, 0.6) is 0 Å². The second-order valence-corrected chi connectivity index (χ2v) is 7.80. The number of unbranched alkanes of at least 4 members (excludes halogenated alkanes) is 5. The van der Waals surface area contributed by atoms with Crippen molar-refractivity contribution in [2.75, 3.05) is 7.11 Å². The summed E-state index contributed by atoms with van der Waals surface area (Å²) in [5.41, 5.74) is 0.612. The normalized spacial score (nSPS) is 12.1. The number of fused-ring (bicyclic) bond motifs is 2. The summed E-state index contributed by atoms with van der Waals surface area (Å²) in [6.07, 6.45) is 7.36. The van der Waals surface area contributed by atoms with E-state index in [9.17, 15) is 9.59 Å². The minimum Gasteiger partial charge on any atom is -0.467 e. The molecule has 0 heterocycles. The summed E-state index contributed by atoms with van der Waals surface area (Å²) in [7, 11) is 1.37. The molecule has 0 saturated carbocycles. The van der Waals surface area contributed by atoms with E-state index in [1.54, 1.807) is 0 Å². The number of carbonyl (C=O) groups is 2. The Kier molecular flexibility index (Phi) is 7.83. The van der Waals surface area contributed by atoms with Crippen LogP contribution in [0.4, 0.5) is 0 Å². The molecule has 1 N–H and O–H groups in total. The molecule has 0 saturated heterocycles. The van der Waals surface area contributed by atoms with Gasteiger partial charge >= 0.3 is 5.97 Å². The first-order valence-electron chi connectivity index (χ1n) is 10.9. The van der Waals surface area contributed by atoms with Gasteiger partial charge in [-0.3, -0.25) is 4.79 Å². The molecule has 1 atom stereocenters. The molecule has 4 heteroatoms. The molecule has 0 spiro atoms. The average molecular weight is 406 g/mol. The summed E-state index contributed by atoms with van der Waals surface area (Å²) in [6.45, 7) is 2.19. The molecule has 3 aromatic carbocycles. The predicted octanol–water partition coefficient (Wildman–Crippen LogP) is 6.02. The van der Waals surface area contributed by atoms with E-state index >= 15 is 0 Å². The summed E-state index contributed by atoms with van der Waals surface area (Å²) in [5, 5.41) is 6.74. The van der Waals surface area contributed by atoms with Crippen molar-refractivity contribution in [2.24, 2.45) is 0 Å². The van der Waals surface area contributed by atoms with Crippen molar-refractivity contribution in [3.05, 3.63) is 60.2 Å². The molecular formula is C26H31NO3. The van der Waals surface area contributed by atoms with Gasteiger partial charge in [0.2, 0.25) is 0 Å². The number of methoxy groups -OCH3 is 1. The van der Waals surface area contributed by atoms with E-state index in [4.69, 9.17) is 4.74 Å². The lowest BCUT2D eigenvalue weighted by molar-refractivity contribution is -0.143. The maximum atomic E-state index is 13.4. The Balaban J connectivity index is 1.82. The van der Waals surface area contributed by atoms with E-state index in [1.807, 2.05) is 48.5 Å². The quantitative estimate of drug-likeness (QED) is 0.255. The highest BCUT2D eigenvalue weighted by molar-refractivity contribution is 6.18. The van der Waals surface area contributed by atoms with Crippen LogP contribution in [0.25, 0.3) is 21.5 Å². The molecule has 0 fully saturated rings. The second kappa shape index (κ2) is 10.8. The Bertz CT molecular complexity index is 958. The van der Waals surface area contributed by atoms with E-state index in [1.165, 1.54) is 26.4 Å². The van der Waals surface area contributed by atoms with Gasteiger partial charge in [-0.25, -0.2) is 4.79 Å². The number of hydrogen-bond donors (Lipinski definition) is 1. The molecule has 3 aromatic rings. The minimum atomic E-state index is -0.633. The predicted molar refractivity (Wildman–Crippen MR) is 123 cm³/mol. The lowest BCUT2D eigenvalue weighted by Crippen LogP contribution is -2.41. The topological polar surface area (TPSA) is 55.4 Å². The maximum absolute atomic E-state index is 13.4. The summed E-state index contributed by atoms with van der Waals surface area (Å²) >= 11 is 0. The van der Waals surface area contributed by atoms with Crippen LogP contribution in [0, 0.1) is 0 Å². The van der Waals surface area contributed by atoms with E-state index in [-0.39, 0.29) is 11.9 Å². The first kappa shape index (κ1) is 21.8. The Labute approximate surface area is 178 Å². The molecular weight excluding hydrogens is 374 g/mol. The molecule has 3 rings (SSSR count). The third kappa shape index (κ3) is 5.18. The summed E-state index contributed by atoms with van der Waals surface area (Å²) in [6, 6.07) is 17.2. The molecule has 0 aliphatic carbocycles. The fourth-order valence-corrected chi connectivity index (χ4v) is 4.01. The van der Waals surface area contributed by atoms with Crippen molar-refractivity contribution in [3.63, 3.8) is 0 Å². The molecule has 1 amide bonds. The SMILES string of the molecule is CCCCCCCC[C@H](NC(=O)c1c2ccccc2cc2ccccc12)C(=O)OC. The standard InChI is InChI=1S/C26H31NO3/c1-3-4-5-6-7-8-17-23(26(29)30-2)27-25(28)24-21-15-11-9-13-19(21)18-20-14-10-12-16-22(20)24/h9-16,18,23H,3-8,17H2,1-2H3,(H,27,28)/t23-/m0/s1. The fourth-order valence-electron chi connectivity index (χ4n) is 4.01. The van der Waals surface area contributed by atoms with E-state index in [0.717, 1.165) is 40.8 Å². The molecule has 0 bridgehead atoms. The third-order valence-corrected chi connectivity index (χ3v) is 5.64. The second-order valence-electron chi connectivity index (χ2n) is 7.80. The van der Waals surface area contributed by atoms with Gasteiger partial charge in [-0.2, -0.15) is 0 Å². The highest BCUT2D eigenvalue weighted by atomic mass is 16.5. The monoisotopic (exact) mass is 405 g/mol. The highest BCUT2D eigenvalue weighted by Crippen LogP contribution is 2.28. The van der Waals surface area contributed by atoms with Crippen molar-refractivity contribution in [1.29, 1.82) is 0 Å². The number of carbonyl (C=O) groups excluding carboxylic acids is 2. The number of benzene rings is 3. The number of nitrogens with one attached hydrogen (secondary N) is 1. The number of hydrogen-bond acceptors (Lipinski definition) is 3. The Morgan fingerprint density at radius 3 is 2.03 bits per heavy atom. The minimum absolute atomic E-state index is 0.232. The molecule has 30 heavy (non-hydrogen) atoms. The van der Waals surface area contributed by atoms with Gasteiger partial charge in [-0.1, -0.05) is 94.0 Å². The molecule has 4 nitrogen and oxygen atoms in total. The van der Waals surface area contributed by atoms with Crippen LogP contribution < -0.4 is 5.32 Å². The van der Waals surface area contributed by atoms with Crippen LogP contribution in [0.1, 0.15) is 62.2 Å². The van der Waals surface area contributed by atoms with Crippen molar-refractivity contribution >= 4 is 33.4 Å². The van der Waals surface area contributed by atoms with E-state index in [0.29, 0.717) is 12.0 Å². The molecule has 0 aliphatic heterocycles. The average Bonchev–Trinajstić information content (AvgIpc) is 2.78. The zero-order chi connectivity index (χ0) is 21.3. The highest BCUT2D eigenvalue weighted by Gasteiger charge is 2.24. The fraction of sp³-hybridized carbons (Fsp3) is 0.385. The van der Waals surface area contributed by atoms with Crippen LogP contribution in [0.2, 0.25) is 0 Å². The van der Waals surface area contributed by atoms with Crippen LogP contribution >= 0.6 is 0 Å². The van der Waals surface area contributed by atoms with Crippen molar-refractivity contribution in [3.8, 4) is 0 Å². The van der Waals surface area contributed by atoms with Gasteiger partial charge in [0, 0.05) is 0 Å². The van der Waals surface area contributed by atoms with Crippen LogP contribution in [-0.4, -0.2) is 25.0 Å². The molecule has 0 unspecified atom stereocenters. The van der Waals surface area contributed by atoms with Crippen molar-refractivity contribution < 1.29 is 14.3 Å². The van der Waals surface area contributed by atoms with Gasteiger partial charge < -0.3 is 10.1 Å². The van der Waals surface area contributed by atoms with Crippen LogP contribution in [0.15, 0.2) is 54.6 Å². The van der Waals surface area contributed by atoms with Gasteiger partial charge in [0.05, 0.1) is 12.7 Å². The number of esters is 1. The number of rotatable bonds is 10. The van der Waals surface area contributed by atoms with Gasteiger partial charge in [-0.05, 0) is 34.0 Å². The maximum Gasteiger partial charge on any atom is 0.328 e. The van der Waals surface area contributed by atoms with Crippen LogP contribution in [-0.2, 0) is 9.53 Å². The third-order valence-electron chi connectivity index (χ3n) is 5.64. The first-order valence-corrected chi connectivity index (χ1v) is 10.9.